The monoisotopic (exact) mass is 257 g/mol. The average Bonchev–Trinajstić information content (AvgIpc) is 2.46. The minimum absolute atomic E-state index is 0.0382. The number of hydrogen-bond donors (Lipinski definition) is 3. The van der Waals surface area contributed by atoms with E-state index in [0.717, 1.165) is 12.0 Å². The number of rotatable bonds is 6. The van der Waals surface area contributed by atoms with E-state index in [9.17, 15) is 10.2 Å². The summed E-state index contributed by atoms with van der Waals surface area (Å²) in [4.78, 5) is 0. The molecule has 0 aliphatic heterocycles. The third kappa shape index (κ3) is 4.39. The van der Waals surface area contributed by atoms with E-state index >= 15 is 0 Å². The van der Waals surface area contributed by atoms with E-state index in [1.165, 1.54) is 5.56 Å². The van der Waals surface area contributed by atoms with Crippen LogP contribution in [-0.2, 0) is 13.0 Å². The molecule has 2 rings (SSSR count). The summed E-state index contributed by atoms with van der Waals surface area (Å²) in [5.41, 5.74) is 2.30. The Hall–Kier alpha value is -1.84. The molecule has 0 saturated carbocycles. The number of phenolic OH excluding ortho intramolecular Hbond substituents is 1. The van der Waals surface area contributed by atoms with Gasteiger partial charge in [-0.1, -0.05) is 42.5 Å². The highest BCUT2D eigenvalue weighted by Gasteiger charge is 2.07. The molecule has 1 atom stereocenters. The molecule has 0 aliphatic carbocycles. The molecule has 100 valence electrons. The highest BCUT2D eigenvalue weighted by atomic mass is 16.3. The highest BCUT2D eigenvalue weighted by molar-refractivity contribution is 5.25. The van der Waals surface area contributed by atoms with Gasteiger partial charge in [-0.25, -0.2) is 0 Å². The molecule has 0 aliphatic rings. The van der Waals surface area contributed by atoms with Gasteiger partial charge >= 0.3 is 0 Å². The summed E-state index contributed by atoms with van der Waals surface area (Å²) in [6.07, 6.45) is 0.801. The first-order chi connectivity index (χ1) is 9.28. The number of aromatic hydroxyl groups is 1. The van der Waals surface area contributed by atoms with Gasteiger partial charge in [0, 0.05) is 12.6 Å². The fraction of sp³-hybridized carbons (Fsp3) is 0.250. The zero-order valence-corrected chi connectivity index (χ0v) is 10.8. The SMILES string of the molecule is OC[C@@H](Cc1ccccc1)NCc1ccc(O)cc1. The Balaban J connectivity index is 1.87. The van der Waals surface area contributed by atoms with Gasteiger partial charge in [-0.15, -0.1) is 0 Å². The standard InChI is InChI=1S/C16H19NO2/c18-12-15(10-13-4-2-1-3-5-13)17-11-14-6-8-16(19)9-7-14/h1-9,15,17-19H,10-12H2/t15-/m1/s1. The number of aliphatic hydroxyl groups excluding tert-OH is 1. The van der Waals surface area contributed by atoms with Crippen molar-refractivity contribution in [1.82, 2.24) is 5.32 Å². The number of benzene rings is 2. The van der Waals surface area contributed by atoms with Gasteiger partial charge in [0.1, 0.15) is 5.75 Å². The Morgan fingerprint density at radius 3 is 2.21 bits per heavy atom. The Morgan fingerprint density at radius 2 is 1.58 bits per heavy atom. The number of phenols is 1. The maximum absolute atomic E-state index is 9.41. The number of hydrogen-bond acceptors (Lipinski definition) is 3. The number of nitrogens with one attached hydrogen (secondary N) is 1. The van der Waals surface area contributed by atoms with Crippen LogP contribution in [-0.4, -0.2) is 22.9 Å². The van der Waals surface area contributed by atoms with Crippen molar-refractivity contribution in [2.75, 3.05) is 6.61 Å². The Kier molecular flexibility index (Phi) is 4.95. The third-order valence-electron chi connectivity index (χ3n) is 3.08. The molecule has 0 bridgehead atoms. The molecule has 19 heavy (non-hydrogen) atoms. The summed E-state index contributed by atoms with van der Waals surface area (Å²) >= 11 is 0. The summed E-state index contributed by atoms with van der Waals surface area (Å²) < 4.78 is 0. The Morgan fingerprint density at radius 1 is 0.895 bits per heavy atom. The second-order valence-corrected chi connectivity index (χ2v) is 4.62. The minimum Gasteiger partial charge on any atom is -0.508 e. The minimum atomic E-state index is 0.0382. The fourth-order valence-electron chi connectivity index (χ4n) is 1.98. The zero-order chi connectivity index (χ0) is 13.5. The quantitative estimate of drug-likeness (QED) is 0.742. The summed E-state index contributed by atoms with van der Waals surface area (Å²) in [6, 6.07) is 17.2. The maximum atomic E-state index is 9.41. The molecule has 0 amide bonds. The van der Waals surface area contributed by atoms with E-state index in [1.54, 1.807) is 12.1 Å². The van der Waals surface area contributed by atoms with E-state index in [2.05, 4.69) is 17.4 Å². The van der Waals surface area contributed by atoms with E-state index < -0.39 is 0 Å². The molecule has 0 heterocycles. The molecular weight excluding hydrogens is 238 g/mol. The van der Waals surface area contributed by atoms with Gasteiger partial charge in [-0.2, -0.15) is 0 Å². The molecule has 0 aromatic heterocycles. The van der Waals surface area contributed by atoms with Gasteiger partial charge in [0.25, 0.3) is 0 Å². The second-order valence-electron chi connectivity index (χ2n) is 4.62. The van der Waals surface area contributed by atoms with Crippen LogP contribution in [0.15, 0.2) is 54.6 Å². The van der Waals surface area contributed by atoms with Gasteiger partial charge < -0.3 is 15.5 Å². The summed E-state index contributed by atoms with van der Waals surface area (Å²) in [5, 5.41) is 21.9. The van der Waals surface area contributed by atoms with Crippen molar-refractivity contribution in [3.8, 4) is 5.75 Å². The lowest BCUT2D eigenvalue weighted by atomic mass is 10.1. The van der Waals surface area contributed by atoms with Crippen LogP contribution in [0.1, 0.15) is 11.1 Å². The Labute approximate surface area is 113 Å². The second kappa shape index (κ2) is 6.92. The fourth-order valence-corrected chi connectivity index (χ4v) is 1.98. The topological polar surface area (TPSA) is 52.5 Å². The van der Waals surface area contributed by atoms with Crippen LogP contribution in [0.2, 0.25) is 0 Å². The predicted octanol–water partition coefficient (Wildman–Crippen LogP) is 2.09. The lowest BCUT2D eigenvalue weighted by Gasteiger charge is -2.16. The van der Waals surface area contributed by atoms with Crippen LogP contribution in [0.25, 0.3) is 0 Å². The van der Waals surface area contributed by atoms with E-state index in [4.69, 9.17) is 0 Å². The van der Waals surface area contributed by atoms with E-state index in [0.29, 0.717) is 6.54 Å². The molecule has 3 nitrogen and oxygen atoms in total. The smallest absolute Gasteiger partial charge is 0.115 e. The predicted molar refractivity (Wildman–Crippen MR) is 76.0 cm³/mol. The van der Waals surface area contributed by atoms with E-state index in [1.807, 2.05) is 30.3 Å². The normalized spacial score (nSPS) is 12.3. The van der Waals surface area contributed by atoms with Gasteiger partial charge in [-0.3, -0.25) is 0 Å². The highest BCUT2D eigenvalue weighted by Crippen LogP contribution is 2.10. The first kappa shape index (κ1) is 13.6. The van der Waals surface area contributed by atoms with E-state index in [-0.39, 0.29) is 18.4 Å². The molecule has 0 radical (unpaired) electrons. The largest absolute Gasteiger partial charge is 0.508 e. The summed E-state index contributed by atoms with van der Waals surface area (Å²) in [6.45, 7) is 0.783. The van der Waals surface area contributed by atoms with Gasteiger partial charge in [0.2, 0.25) is 0 Å². The summed E-state index contributed by atoms with van der Waals surface area (Å²) in [5.74, 6) is 0.270. The van der Waals surface area contributed by atoms with Crippen molar-refractivity contribution in [2.45, 2.75) is 19.0 Å². The van der Waals surface area contributed by atoms with Crippen molar-refractivity contribution >= 4 is 0 Å². The van der Waals surface area contributed by atoms with Gasteiger partial charge in [0.15, 0.2) is 0 Å². The summed E-state index contributed by atoms with van der Waals surface area (Å²) in [7, 11) is 0. The molecule has 2 aromatic carbocycles. The molecule has 0 unspecified atom stereocenters. The molecule has 3 heteroatoms. The molecule has 0 fully saturated rings. The van der Waals surface area contributed by atoms with Crippen molar-refractivity contribution in [3.63, 3.8) is 0 Å². The van der Waals surface area contributed by atoms with Crippen LogP contribution >= 0.6 is 0 Å². The first-order valence-corrected chi connectivity index (χ1v) is 6.44. The lowest BCUT2D eigenvalue weighted by molar-refractivity contribution is 0.241. The van der Waals surface area contributed by atoms with Crippen molar-refractivity contribution in [1.29, 1.82) is 0 Å². The van der Waals surface area contributed by atoms with Gasteiger partial charge in [-0.05, 0) is 29.7 Å². The lowest BCUT2D eigenvalue weighted by Crippen LogP contribution is -2.33. The van der Waals surface area contributed by atoms with Crippen LogP contribution < -0.4 is 5.32 Å². The Bertz CT molecular complexity index is 482. The third-order valence-corrected chi connectivity index (χ3v) is 3.08. The van der Waals surface area contributed by atoms with Crippen LogP contribution in [0, 0.1) is 0 Å². The van der Waals surface area contributed by atoms with Crippen LogP contribution in [0.5, 0.6) is 5.75 Å². The van der Waals surface area contributed by atoms with Crippen LogP contribution in [0.4, 0.5) is 0 Å². The molecular formula is C16H19NO2. The average molecular weight is 257 g/mol. The number of aliphatic hydroxyl groups is 1. The molecule has 3 N–H and O–H groups in total. The molecule has 0 spiro atoms. The van der Waals surface area contributed by atoms with Crippen LogP contribution in [0.3, 0.4) is 0 Å². The molecule has 2 aromatic rings. The van der Waals surface area contributed by atoms with Crippen molar-refractivity contribution in [2.24, 2.45) is 0 Å². The molecule has 0 saturated heterocycles. The zero-order valence-electron chi connectivity index (χ0n) is 10.8. The van der Waals surface area contributed by atoms with Crippen molar-refractivity contribution in [3.05, 3.63) is 65.7 Å². The first-order valence-electron chi connectivity index (χ1n) is 6.44. The van der Waals surface area contributed by atoms with Crippen molar-refractivity contribution < 1.29 is 10.2 Å². The van der Waals surface area contributed by atoms with Gasteiger partial charge in [0.05, 0.1) is 6.61 Å². The maximum Gasteiger partial charge on any atom is 0.115 e.